The van der Waals surface area contributed by atoms with Crippen molar-refractivity contribution in [2.75, 3.05) is 26.9 Å². The highest BCUT2D eigenvalue weighted by Gasteiger charge is 2.29. The zero-order valence-electron chi connectivity index (χ0n) is 8.90. The van der Waals surface area contributed by atoms with Gasteiger partial charge in [-0.3, -0.25) is 9.63 Å². The van der Waals surface area contributed by atoms with Crippen molar-refractivity contribution in [2.24, 2.45) is 5.73 Å². The third-order valence-corrected chi connectivity index (χ3v) is 2.23. The number of nitrogens with one attached hydrogen (secondary N) is 1. The van der Waals surface area contributed by atoms with Gasteiger partial charge < -0.3 is 15.2 Å². The molecule has 1 heterocycles. The minimum atomic E-state index is -0.430. The molecule has 0 saturated carbocycles. The van der Waals surface area contributed by atoms with Crippen molar-refractivity contribution < 1.29 is 19.1 Å². The summed E-state index contributed by atoms with van der Waals surface area (Å²) in [6.07, 6.45) is 1.09. The highest BCUT2D eigenvalue weighted by Crippen LogP contribution is 2.18. The van der Waals surface area contributed by atoms with Crippen LogP contribution < -0.4 is 11.2 Å². The van der Waals surface area contributed by atoms with Crippen LogP contribution in [-0.2, 0) is 19.1 Å². The number of hydrogen-bond donors (Lipinski definition) is 2. The quantitative estimate of drug-likeness (QED) is 0.450. The van der Waals surface area contributed by atoms with Gasteiger partial charge in [0.1, 0.15) is 6.10 Å². The van der Waals surface area contributed by atoms with Gasteiger partial charge >= 0.3 is 0 Å². The van der Waals surface area contributed by atoms with E-state index < -0.39 is 6.10 Å². The molecule has 6 nitrogen and oxygen atoms in total. The Hall–Kier alpha value is -0.690. The van der Waals surface area contributed by atoms with Crippen LogP contribution in [0, 0.1) is 0 Å². The fourth-order valence-electron chi connectivity index (χ4n) is 1.38. The van der Waals surface area contributed by atoms with E-state index in [2.05, 4.69) is 5.48 Å². The lowest BCUT2D eigenvalue weighted by Crippen LogP contribution is -2.36. The zero-order chi connectivity index (χ0) is 11.1. The summed E-state index contributed by atoms with van der Waals surface area (Å²) in [5.74, 6) is -0.248. The van der Waals surface area contributed by atoms with Gasteiger partial charge in [0, 0.05) is 13.7 Å². The van der Waals surface area contributed by atoms with E-state index in [1.807, 2.05) is 0 Å². The summed E-state index contributed by atoms with van der Waals surface area (Å²) in [4.78, 5) is 16.3. The summed E-state index contributed by atoms with van der Waals surface area (Å²) < 4.78 is 10.1. The molecule has 0 bridgehead atoms. The molecular formula is C9H18N2O4. The Labute approximate surface area is 89.0 Å². The lowest BCUT2D eigenvalue weighted by Gasteiger charge is -2.12. The SMILES string of the molecule is COCCONC(=O)C1CCC(CN)O1. The Bertz CT molecular complexity index is 201. The van der Waals surface area contributed by atoms with Crippen LogP contribution in [0.5, 0.6) is 0 Å². The van der Waals surface area contributed by atoms with Gasteiger partial charge in [0.15, 0.2) is 0 Å². The second-order valence-electron chi connectivity index (χ2n) is 3.37. The first kappa shape index (κ1) is 12.4. The van der Waals surface area contributed by atoms with Crippen molar-refractivity contribution in [3.05, 3.63) is 0 Å². The first-order valence-electron chi connectivity index (χ1n) is 5.04. The summed E-state index contributed by atoms with van der Waals surface area (Å²) in [6.45, 7) is 1.22. The second kappa shape index (κ2) is 6.73. The van der Waals surface area contributed by atoms with Crippen LogP contribution >= 0.6 is 0 Å². The molecule has 1 aliphatic heterocycles. The lowest BCUT2D eigenvalue weighted by atomic mass is 10.2. The molecule has 6 heteroatoms. The highest BCUT2D eigenvalue weighted by atomic mass is 16.7. The largest absolute Gasteiger partial charge is 0.382 e. The van der Waals surface area contributed by atoms with Crippen LogP contribution in [0.2, 0.25) is 0 Å². The average molecular weight is 218 g/mol. The van der Waals surface area contributed by atoms with Crippen LogP contribution in [0.4, 0.5) is 0 Å². The van der Waals surface area contributed by atoms with Crippen molar-refractivity contribution in [1.29, 1.82) is 0 Å². The number of rotatable bonds is 6. The Balaban J connectivity index is 2.12. The molecule has 2 atom stereocenters. The number of nitrogens with two attached hydrogens (primary N) is 1. The Kier molecular flexibility index (Phi) is 5.56. The summed E-state index contributed by atoms with van der Waals surface area (Å²) in [5, 5.41) is 0. The van der Waals surface area contributed by atoms with Gasteiger partial charge in [0.2, 0.25) is 0 Å². The van der Waals surface area contributed by atoms with Crippen molar-refractivity contribution in [2.45, 2.75) is 25.0 Å². The molecule has 1 amide bonds. The van der Waals surface area contributed by atoms with Crippen LogP contribution in [0.15, 0.2) is 0 Å². The minimum Gasteiger partial charge on any atom is -0.382 e. The molecular weight excluding hydrogens is 200 g/mol. The van der Waals surface area contributed by atoms with Gasteiger partial charge in [0.05, 0.1) is 19.3 Å². The first-order chi connectivity index (χ1) is 7.27. The van der Waals surface area contributed by atoms with Crippen LogP contribution in [-0.4, -0.2) is 45.0 Å². The maximum atomic E-state index is 11.4. The molecule has 0 aromatic carbocycles. The summed E-state index contributed by atoms with van der Waals surface area (Å²) in [6, 6.07) is 0. The van der Waals surface area contributed by atoms with Gasteiger partial charge in [-0.15, -0.1) is 0 Å². The molecule has 0 spiro atoms. The van der Waals surface area contributed by atoms with E-state index in [1.165, 1.54) is 0 Å². The smallest absolute Gasteiger partial charge is 0.272 e. The maximum absolute atomic E-state index is 11.4. The second-order valence-corrected chi connectivity index (χ2v) is 3.37. The number of carbonyl (C=O) groups excluding carboxylic acids is 1. The molecule has 1 saturated heterocycles. The molecule has 0 radical (unpaired) electrons. The van der Waals surface area contributed by atoms with E-state index in [0.717, 1.165) is 6.42 Å². The number of carbonyl (C=O) groups is 1. The normalized spacial score (nSPS) is 25.5. The van der Waals surface area contributed by atoms with Crippen molar-refractivity contribution in [3.8, 4) is 0 Å². The Morgan fingerprint density at radius 3 is 2.93 bits per heavy atom. The summed E-state index contributed by atoms with van der Waals surface area (Å²) in [5.41, 5.74) is 7.75. The van der Waals surface area contributed by atoms with Crippen LogP contribution in [0.3, 0.4) is 0 Å². The number of hydroxylamine groups is 1. The van der Waals surface area contributed by atoms with Crippen molar-refractivity contribution in [1.82, 2.24) is 5.48 Å². The number of hydrogen-bond acceptors (Lipinski definition) is 5. The van der Waals surface area contributed by atoms with Crippen LogP contribution in [0.25, 0.3) is 0 Å². The van der Waals surface area contributed by atoms with E-state index in [1.54, 1.807) is 7.11 Å². The lowest BCUT2D eigenvalue weighted by molar-refractivity contribution is -0.145. The molecule has 0 aliphatic carbocycles. The summed E-state index contributed by atoms with van der Waals surface area (Å²) >= 11 is 0. The fourth-order valence-corrected chi connectivity index (χ4v) is 1.38. The predicted octanol–water partition coefficient (Wildman–Crippen LogP) is -0.813. The number of amides is 1. The molecule has 88 valence electrons. The van der Waals surface area contributed by atoms with Gasteiger partial charge in [-0.1, -0.05) is 0 Å². The molecule has 15 heavy (non-hydrogen) atoms. The average Bonchev–Trinajstić information content (AvgIpc) is 2.72. The third kappa shape index (κ3) is 4.13. The van der Waals surface area contributed by atoms with E-state index in [4.69, 9.17) is 20.0 Å². The zero-order valence-corrected chi connectivity index (χ0v) is 8.90. The molecule has 0 aromatic heterocycles. The minimum absolute atomic E-state index is 0.000254. The molecule has 1 aliphatic rings. The number of ether oxygens (including phenoxy) is 2. The van der Waals surface area contributed by atoms with Gasteiger partial charge in [0.25, 0.3) is 5.91 Å². The fraction of sp³-hybridized carbons (Fsp3) is 0.889. The van der Waals surface area contributed by atoms with E-state index in [9.17, 15) is 4.79 Å². The Morgan fingerprint density at radius 1 is 1.53 bits per heavy atom. The van der Waals surface area contributed by atoms with E-state index >= 15 is 0 Å². The highest BCUT2D eigenvalue weighted by molar-refractivity contribution is 5.79. The molecule has 1 fully saturated rings. The summed E-state index contributed by atoms with van der Waals surface area (Å²) in [7, 11) is 1.57. The van der Waals surface area contributed by atoms with E-state index in [-0.39, 0.29) is 12.0 Å². The van der Waals surface area contributed by atoms with E-state index in [0.29, 0.717) is 26.2 Å². The Morgan fingerprint density at radius 2 is 2.33 bits per heavy atom. The monoisotopic (exact) mass is 218 g/mol. The predicted molar refractivity (Wildman–Crippen MR) is 52.9 cm³/mol. The van der Waals surface area contributed by atoms with Gasteiger partial charge in [-0.25, -0.2) is 5.48 Å². The topological polar surface area (TPSA) is 82.8 Å². The molecule has 0 aromatic rings. The molecule has 3 N–H and O–H groups in total. The van der Waals surface area contributed by atoms with Gasteiger partial charge in [-0.05, 0) is 12.8 Å². The van der Waals surface area contributed by atoms with Crippen molar-refractivity contribution >= 4 is 5.91 Å². The third-order valence-electron chi connectivity index (χ3n) is 2.23. The molecule has 1 rings (SSSR count). The number of methoxy groups -OCH3 is 1. The van der Waals surface area contributed by atoms with Crippen LogP contribution in [0.1, 0.15) is 12.8 Å². The standard InChI is InChI=1S/C9H18N2O4/c1-13-4-5-14-11-9(12)8-3-2-7(6-10)15-8/h7-8H,2-6,10H2,1H3,(H,11,12). The molecule has 2 unspecified atom stereocenters. The van der Waals surface area contributed by atoms with Crippen molar-refractivity contribution in [3.63, 3.8) is 0 Å². The maximum Gasteiger partial charge on any atom is 0.272 e. The first-order valence-corrected chi connectivity index (χ1v) is 5.04. The van der Waals surface area contributed by atoms with Gasteiger partial charge in [-0.2, -0.15) is 0 Å².